The molecule has 5 heteroatoms. The van der Waals surface area contributed by atoms with Crippen LogP contribution in [0.4, 0.5) is 0 Å². The van der Waals surface area contributed by atoms with Crippen LogP contribution in [0.3, 0.4) is 0 Å². The summed E-state index contributed by atoms with van der Waals surface area (Å²) in [6.07, 6.45) is 3.03. The summed E-state index contributed by atoms with van der Waals surface area (Å²) < 4.78 is 11.0. The highest BCUT2D eigenvalue weighted by Gasteiger charge is 2.25. The van der Waals surface area contributed by atoms with Crippen LogP contribution in [0.2, 0.25) is 5.02 Å². The van der Waals surface area contributed by atoms with E-state index in [2.05, 4.69) is 4.98 Å². The fourth-order valence-corrected chi connectivity index (χ4v) is 1.70. The number of ether oxygens (including phenoxy) is 2. The number of hydrogen-bond acceptors (Lipinski definition) is 4. The van der Waals surface area contributed by atoms with Gasteiger partial charge in [-0.3, -0.25) is 4.98 Å². The van der Waals surface area contributed by atoms with Crippen LogP contribution >= 0.6 is 11.6 Å². The molecule has 0 aliphatic heterocycles. The molecule has 4 nitrogen and oxygen atoms in total. The first-order chi connectivity index (χ1) is 9.46. The van der Waals surface area contributed by atoms with Crippen molar-refractivity contribution in [3.8, 4) is 5.75 Å². The number of carbonyl (C=O) groups excluding carboxylic acids is 1. The van der Waals surface area contributed by atoms with Crippen LogP contribution in [0.5, 0.6) is 5.75 Å². The van der Waals surface area contributed by atoms with Crippen molar-refractivity contribution in [3.05, 3.63) is 59.4 Å². The van der Waals surface area contributed by atoms with Crippen LogP contribution in [-0.2, 0) is 4.74 Å². The number of pyridine rings is 1. The molecule has 20 heavy (non-hydrogen) atoms. The number of esters is 1. The number of carbonyl (C=O) groups is 1. The van der Waals surface area contributed by atoms with E-state index in [0.29, 0.717) is 16.3 Å². The molecule has 1 aromatic carbocycles. The molecule has 1 heterocycles. The van der Waals surface area contributed by atoms with Crippen LogP contribution < -0.4 is 4.74 Å². The van der Waals surface area contributed by atoms with Gasteiger partial charge in [-0.2, -0.15) is 0 Å². The summed E-state index contributed by atoms with van der Waals surface area (Å²) in [6, 6.07) is 10.1. The first-order valence-corrected chi connectivity index (χ1v) is 6.42. The standard InChI is InChI=1S/C15H14ClNO3/c1-15(2,19-13-7-5-12(16)6-8-13)20-14(18)11-4-3-9-17-10-11/h3-10H,1-2H3. The zero-order valence-electron chi connectivity index (χ0n) is 11.2. The lowest BCUT2D eigenvalue weighted by Crippen LogP contribution is -2.34. The molecule has 0 aliphatic carbocycles. The van der Waals surface area contributed by atoms with Crippen LogP contribution in [0, 0.1) is 0 Å². The maximum Gasteiger partial charge on any atom is 0.342 e. The molecule has 0 fully saturated rings. The summed E-state index contributed by atoms with van der Waals surface area (Å²) in [6.45, 7) is 3.33. The quantitative estimate of drug-likeness (QED) is 0.636. The summed E-state index contributed by atoms with van der Waals surface area (Å²) in [5.74, 6) is -1.02. The Labute approximate surface area is 122 Å². The number of halogens is 1. The van der Waals surface area contributed by atoms with Gasteiger partial charge in [0.2, 0.25) is 5.79 Å². The Morgan fingerprint density at radius 1 is 1.20 bits per heavy atom. The fourth-order valence-electron chi connectivity index (χ4n) is 1.57. The van der Waals surface area contributed by atoms with Crippen LogP contribution in [0.15, 0.2) is 48.8 Å². The highest BCUT2D eigenvalue weighted by atomic mass is 35.5. The molecule has 0 N–H and O–H groups in total. The number of hydrogen-bond donors (Lipinski definition) is 0. The van der Waals surface area contributed by atoms with Gasteiger partial charge >= 0.3 is 5.97 Å². The van der Waals surface area contributed by atoms with Crippen LogP contribution in [0.1, 0.15) is 24.2 Å². The Morgan fingerprint density at radius 2 is 1.90 bits per heavy atom. The lowest BCUT2D eigenvalue weighted by molar-refractivity contribution is -0.117. The second-order valence-electron chi connectivity index (χ2n) is 4.59. The summed E-state index contributed by atoms with van der Waals surface area (Å²) in [5, 5.41) is 0.613. The Bertz CT molecular complexity index is 582. The van der Waals surface area contributed by atoms with Crippen molar-refractivity contribution >= 4 is 17.6 Å². The van der Waals surface area contributed by atoms with Gasteiger partial charge in [0.25, 0.3) is 0 Å². The molecule has 0 spiro atoms. The largest absolute Gasteiger partial charge is 0.453 e. The summed E-state index contributed by atoms with van der Waals surface area (Å²) in [5.41, 5.74) is 0.375. The van der Waals surface area contributed by atoms with Gasteiger partial charge < -0.3 is 9.47 Å². The third-order valence-electron chi connectivity index (χ3n) is 2.41. The van der Waals surface area contributed by atoms with Gasteiger partial charge in [-0.1, -0.05) is 11.6 Å². The van der Waals surface area contributed by atoms with Gasteiger partial charge in [-0.15, -0.1) is 0 Å². The van der Waals surface area contributed by atoms with E-state index >= 15 is 0 Å². The van der Waals surface area contributed by atoms with Crippen molar-refractivity contribution in [2.24, 2.45) is 0 Å². The zero-order chi connectivity index (χ0) is 14.6. The van der Waals surface area contributed by atoms with Gasteiger partial charge in [-0.05, 0) is 36.4 Å². The van der Waals surface area contributed by atoms with E-state index in [0.717, 1.165) is 0 Å². The molecule has 0 saturated carbocycles. The van der Waals surface area contributed by atoms with Crippen LogP contribution in [-0.4, -0.2) is 16.7 Å². The topological polar surface area (TPSA) is 48.4 Å². The molecule has 0 radical (unpaired) electrons. The summed E-state index contributed by atoms with van der Waals surface area (Å²) >= 11 is 5.80. The van der Waals surface area contributed by atoms with E-state index in [1.54, 1.807) is 56.4 Å². The van der Waals surface area contributed by atoms with E-state index in [-0.39, 0.29) is 0 Å². The molecule has 0 amide bonds. The van der Waals surface area contributed by atoms with Crippen molar-refractivity contribution in [1.82, 2.24) is 4.98 Å². The molecular formula is C15H14ClNO3. The lowest BCUT2D eigenvalue weighted by Gasteiger charge is -2.26. The molecule has 2 rings (SSSR count). The first-order valence-electron chi connectivity index (χ1n) is 6.04. The van der Waals surface area contributed by atoms with Crippen molar-refractivity contribution in [2.75, 3.05) is 0 Å². The predicted octanol–water partition coefficient (Wildman–Crippen LogP) is 3.71. The van der Waals surface area contributed by atoms with E-state index in [1.165, 1.54) is 6.20 Å². The van der Waals surface area contributed by atoms with Crippen molar-refractivity contribution in [1.29, 1.82) is 0 Å². The van der Waals surface area contributed by atoms with E-state index < -0.39 is 11.8 Å². The monoisotopic (exact) mass is 291 g/mol. The molecule has 0 atom stereocenters. The average molecular weight is 292 g/mol. The maximum absolute atomic E-state index is 11.9. The highest BCUT2D eigenvalue weighted by molar-refractivity contribution is 6.30. The number of nitrogens with zero attached hydrogens (tertiary/aromatic N) is 1. The molecule has 2 aromatic rings. The number of aromatic nitrogens is 1. The second-order valence-corrected chi connectivity index (χ2v) is 5.02. The Kier molecular flexibility index (Phi) is 4.25. The van der Waals surface area contributed by atoms with Crippen molar-refractivity contribution < 1.29 is 14.3 Å². The van der Waals surface area contributed by atoms with Gasteiger partial charge in [0.1, 0.15) is 5.75 Å². The third-order valence-corrected chi connectivity index (χ3v) is 2.66. The second kappa shape index (κ2) is 5.92. The SMILES string of the molecule is CC(C)(OC(=O)c1cccnc1)Oc1ccc(Cl)cc1. The van der Waals surface area contributed by atoms with Gasteiger partial charge in [0.15, 0.2) is 0 Å². The fraction of sp³-hybridized carbons (Fsp3) is 0.200. The van der Waals surface area contributed by atoms with Crippen molar-refractivity contribution in [3.63, 3.8) is 0 Å². The Morgan fingerprint density at radius 3 is 2.50 bits per heavy atom. The van der Waals surface area contributed by atoms with E-state index in [4.69, 9.17) is 21.1 Å². The average Bonchev–Trinajstić information content (AvgIpc) is 2.41. The molecular weight excluding hydrogens is 278 g/mol. The van der Waals surface area contributed by atoms with E-state index in [9.17, 15) is 4.79 Å². The number of rotatable bonds is 4. The van der Waals surface area contributed by atoms with Gasteiger partial charge in [0.05, 0.1) is 5.56 Å². The minimum Gasteiger partial charge on any atom is -0.453 e. The lowest BCUT2D eigenvalue weighted by atomic mass is 10.3. The maximum atomic E-state index is 11.9. The minimum absolute atomic E-state index is 0.375. The number of benzene rings is 1. The smallest absolute Gasteiger partial charge is 0.342 e. The molecule has 0 bridgehead atoms. The highest BCUT2D eigenvalue weighted by Crippen LogP contribution is 2.22. The summed E-state index contributed by atoms with van der Waals surface area (Å²) in [7, 11) is 0. The van der Waals surface area contributed by atoms with Gasteiger partial charge in [-0.25, -0.2) is 4.79 Å². The molecule has 1 aromatic heterocycles. The molecule has 0 unspecified atom stereocenters. The third kappa shape index (κ3) is 3.96. The van der Waals surface area contributed by atoms with E-state index in [1.807, 2.05) is 0 Å². The molecule has 104 valence electrons. The predicted molar refractivity (Wildman–Crippen MR) is 75.8 cm³/mol. The molecule has 0 saturated heterocycles. The minimum atomic E-state index is -1.10. The van der Waals surface area contributed by atoms with Crippen molar-refractivity contribution in [2.45, 2.75) is 19.6 Å². The normalized spacial score (nSPS) is 10.9. The Balaban J connectivity index is 2.03. The summed E-state index contributed by atoms with van der Waals surface area (Å²) in [4.78, 5) is 15.8. The first kappa shape index (κ1) is 14.3. The van der Waals surface area contributed by atoms with Gasteiger partial charge in [0, 0.05) is 31.3 Å². The zero-order valence-corrected chi connectivity index (χ0v) is 11.9. The molecule has 0 aliphatic rings. The van der Waals surface area contributed by atoms with Crippen LogP contribution in [0.25, 0.3) is 0 Å². The Hall–Kier alpha value is -2.07.